The molecule has 0 atom stereocenters. The fourth-order valence-corrected chi connectivity index (χ4v) is 2.45. The number of hydrogen-bond donors (Lipinski definition) is 1. The van der Waals surface area contributed by atoms with Gasteiger partial charge in [-0.2, -0.15) is 0 Å². The van der Waals surface area contributed by atoms with Crippen LogP contribution < -0.4 is 10.2 Å². The van der Waals surface area contributed by atoms with Gasteiger partial charge in [0.2, 0.25) is 5.91 Å². The van der Waals surface area contributed by atoms with Crippen molar-refractivity contribution in [2.24, 2.45) is 0 Å². The minimum atomic E-state index is -0.349. The molecule has 0 fully saturated rings. The molecular formula is C16H15FN2O. The lowest BCUT2D eigenvalue weighted by Crippen LogP contribution is -2.25. The number of anilines is 3. The van der Waals surface area contributed by atoms with E-state index in [1.54, 1.807) is 6.07 Å². The number of fused-ring (bicyclic) bond motifs is 1. The lowest BCUT2D eigenvalue weighted by molar-refractivity contribution is -0.116. The van der Waals surface area contributed by atoms with Crippen molar-refractivity contribution in [1.82, 2.24) is 0 Å². The van der Waals surface area contributed by atoms with Crippen LogP contribution in [0.4, 0.5) is 21.5 Å². The first kappa shape index (κ1) is 12.7. The van der Waals surface area contributed by atoms with Gasteiger partial charge in [0.1, 0.15) is 5.82 Å². The molecule has 1 aliphatic heterocycles. The zero-order chi connectivity index (χ0) is 13.9. The lowest BCUT2D eigenvalue weighted by atomic mass is 10.1. The van der Waals surface area contributed by atoms with E-state index >= 15 is 0 Å². The van der Waals surface area contributed by atoms with Gasteiger partial charge >= 0.3 is 0 Å². The number of rotatable bonds is 1. The molecule has 0 saturated carbocycles. The van der Waals surface area contributed by atoms with Crippen LogP contribution in [0.15, 0.2) is 48.5 Å². The van der Waals surface area contributed by atoms with Crippen LogP contribution in [0.2, 0.25) is 0 Å². The van der Waals surface area contributed by atoms with Crippen molar-refractivity contribution in [3.05, 3.63) is 54.3 Å². The summed E-state index contributed by atoms with van der Waals surface area (Å²) in [4.78, 5) is 13.8. The van der Waals surface area contributed by atoms with Gasteiger partial charge in [-0.05, 0) is 36.8 Å². The normalized spacial score (nSPS) is 15.1. The first-order valence-corrected chi connectivity index (χ1v) is 6.66. The zero-order valence-corrected chi connectivity index (χ0v) is 11.0. The van der Waals surface area contributed by atoms with Crippen LogP contribution in [0.3, 0.4) is 0 Å². The molecule has 0 bridgehead atoms. The average molecular weight is 270 g/mol. The van der Waals surface area contributed by atoms with Gasteiger partial charge in [-0.1, -0.05) is 18.2 Å². The van der Waals surface area contributed by atoms with E-state index in [0.29, 0.717) is 12.1 Å². The number of nitrogens with one attached hydrogen (secondary N) is 1. The van der Waals surface area contributed by atoms with Crippen LogP contribution in [0.25, 0.3) is 0 Å². The number of nitrogens with zero attached hydrogens (tertiary/aromatic N) is 1. The summed E-state index contributed by atoms with van der Waals surface area (Å²) in [5, 5.41) is 2.78. The summed E-state index contributed by atoms with van der Waals surface area (Å²) in [5.74, 6) is -0.415. The Hall–Kier alpha value is -2.36. The molecule has 1 heterocycles. The van der Waals surface area contributed by atoms with E-state index in [2.05, 4.69) is 10.2 Å². The van der Waals surface area contributed by atoms with Gasteiger partial charge in [0.05, 0.1) is 11.4 Å². The second-order valence-electron chi connectivity index (χ2n) is 4.80. The van der Waals surface area contributed by atoms with Crippen LogP contribution in [-0.4, -0.2) is 12.5 Å². The molecular weight excluding hydrogens is 255 g/mol. The number of halogens is 1. The molecule has 0 aromatic heterocycles. The van der Waals surface area contributed by atoms with Crippen molar-refractivity contribution in [2.75, 3.05) is 16.8 Å². The summed E-state index contributed by atoms with van der Waals surface area (Å²) in [6.45, 7) is 0.732. The van der Waals surface area contributed by atoms with Gasteiger partial charge in [-0.3, -0.25) is 4.79 Å². The topological polar surface area (TPSA) is 32.3 Å². The predicted octanol–water partition coefficient (Wildman–Crippen LogP) is 3.70. The maximum absolute atomic E-state index is 13.4. The fourth-order valence-electron chi connectivity index (χ4n) is 2.45. The van der Waals surface area contributed by atoms with E-state index in [1.165, 1.54) is 12.1 Å². The number of amides is 1. The van der Waals surface area contributed by atoms with Gasteiger partial charge < -0.3 is 10.2 Å². The van der Waals surface area contributed by atoms with E-state index in [4.69, 9.17) is 0 Å². The molecule has 1 amide bonds. The molecule has 0 unspecified atom stereocenters. The molecule has 1 N–H and O–H groups in total. The van der Waals surface area contributed by atoms with Crippen molar-refractivity contribution in [1.29, 1.82) is 0 Å². The van der Waals surface area contributed by atoms with Crippen LogP contribution in [0.5, 0.6) is 0 Å². The summed E-state index contributed by atoms with van der Waals surface area (Å²) >= 11 is 0. The largest absolute Gasteiger partial charge is 0.340 e. The Morgan fingerprint density at radius 3 is 2.70 bits per heavy atom. The second kappa shape index (κ2) is 5.33. The molecule has 2 aromatic rings. The highest BCUT2D eigenvalue weighted by molar-refractivity contribution is 5.95. The highest BCUT2D eigenvalue weighted by Crippen LogP contribution is 2.34. The molecule has 3 rings (SSSR count). The molecule has 0 radical (unpaired) electrons. The van der Waals surface area contributed by atoms with Gasteiger partial charge in [-0.15, -0.1) is 0 Å². The average Bonchev–Trinajstić information content (AvgIpc) is 2.44. The smallest absolute Gasteiger partial charge is 0.224 e. The summed E-state index contributed by atoms with van der Waals surface area (Å²) in [6, 6.07) is 14.4. The molecule has 0 aliphatic carbocycles. The number of carbonyl (C=O) groups is 1. The Labute approximate surface area is 117 Å². The predicted molar refractivity (Wildman–Crippen MR) is 77.7 cm³/mol. The highest BCUT2D eigenvalue weighted by atomic mass is 19.1. The molecule has 102 valence electrons. The third-order valence-corrected chi connectivity index (χ3v) is 3.38. The summed E-state index contributed by atoms with van der Waals surface area (Å²) in [6.07, 6.45) is 1.21. The van der Waals surface area contributed by atoms with Crippen molar-refractivity contribution in [3.8, 4) is 0 Å². The highest BCUT2D eigenvalue weighted by Gasteiger charge is 2.18. The van der Waals surface area contributed by atoms with Crippen molar-refractivity contribution < 1.29 is 9.18 Å². The van der Waals surface area contributed by atoms with E-state index in [-0.39, 0.29) is 11.7 Å². The Morgan fingerprint density at radius 1 is 1.10 bits per heavy atom. The first-order chi connectivity index (χ1) is 9.74. The van der Waals surface area contributed by atoms with E-state index in [9.17, 15) is 9.18 Å². The van der Waals surface area contributed by atoms with E-state index in [0.717, 1.165) is 24.3 Å². The van der Waals surface area contributed by atoms with E-state index in [1.807, 2.05) is 30.3 Å². The number of benzene rings is 2. The third-order valence-electron chi connectivity index (χ3n) is 3.38. The summed E-state index contributed by atoms with van der Waals surface area (Å²) in [5.41, 5.74) is 2.39. The van der Waals surface area contributed by atoms with Crippen molar-refractivity contribution in [2.45, 2.75) is 12.8 Å². The second-order valence-corrected chi connectivity index (χ2v) is 4.80. The maximum atomic E-state index is 13.4. The van der Waals surface area contributed by atoms with Crippen molar-refractivity contribution in [3.63, 3.8) is 0 Å². The molecule has 1 aliphatic rings. The number of carbonyl (C=O) groups excluding carboxylic acids is 1. The molecule has 20 heavy (non-hydrogen) atoms. The quantitative estimate of drug-likeness (QED) is 0.857. The Bertz CT molecular complexity index is 628. The number of hydrogen-bond acceptors (Lipinski definition) is 2. The first-order valence-electron chi connectivity index (χ1n) is 6.66. The van der Waals surface area contributed by atoms with Gasteiger partial charge in [-0.25, -0.2) is 4.39 Å². The molecule has 0 spiro atoms. The monoisotopic (exact) mass is 270 g/mol. The minimum absolute atomic E-state index is 0.0652. The van der Waals surface area contributed by atoms with Gasteiger partial charge in [0, 0.05) is 18.7 Å². The Kier molecular flexibility index (Phi) is 3.37. The zero-order valence-electron chi connectivity index (χ0n) is 11.0. The summed E-state index contributed by atoms with van der Waals surface area (Å²) in [7, 11) is 0. The van der Waals surface area contributed by atoms with Crippen LogP contribution in [-0.2, 0) is 4.79 Å². The van der Waals surface area contributed by atoms with Crippen LogP contribution >= 0.6 is 0 Å². The fraction of sp³-hybridized carbons (Fsp3) is 0.188. The number of para-hydroxylation sites is 1. The van der Waals surface area contributed by atoms with Gasteiger partial charge in [0.25, 0.3) is 0 Å². The molecule has 0 saturated heterocycles. The SMILES string of the molecule is O=C1CCCN(c2ccccc2)c2ccc(F)cc2N1. The summed E-state index contributed by atoms with van der Waals surface area (Å²) < 4.78 is 13.4. The minimum Gasteiger partial charge on any atom is -0.340 e. The van der Waals surface area contributed by atoms with Crippen LogP contribution in [0.1, 0.15) is 12.8 Å². The third kappa shape index (κ3) is 2.50. The molecule has 2 aromatic carbocycles. The van der Waals surface area contributed by atoms with Gasteiger partial charge in [0.15, 0.2) is 0 Å². The standard InChI is InChI=1S/C16H15FN2O/c17-12-8-9-15-14(11-12)18-16(20)7-4-10-19(15)13-5-2-1-3-6-13/h1-3,5-6,8-9,11H,4,7,10H2,(H,18,20). The van der Waals surface area contributed by atoms with E-state index < -0.39 is 0 Å². The molecule has 3 nitrogen and oxygen atoms in total. The van der Waals surface area contributed by atoms with Crippen molar-refractivity contribution >= 4 is 23.0 Å². The van der Waals surface area contributed by atoms with Crippen LogP contribution in [0, 0.1) is 5.82 Å². The lowest BCUT2D eigenvalue weighted by Gasteiger charge is -2.29. The molecule has 4 heteroatoms. The maximum Gasteiger partial charge on any atom is 0.224 e. The Balaban J connectivity index is 2.08. The Morgan fingerprint density at radius 2 is 1.90 bits per heavy atom.